The van der Waals surface area contributed by atoms with Crippen molar-refractivity contribution in [3.63, 3.8) is 0 Å². The summed E-state index contributed by atoms with van der Waals surface area (Å²) >= 11 is 0. The van der Waals surface area contributed by atoms with E-state index < -0.39 is 34.4 Å². The van der Waals surface area contributed by atoms with Gasteiger partial charge in [0, 0.05) is 13.2 Å². The van der Waals surface area contributed by atoms with Crippen molar-refractivity contribution in [2.75, 3.05) is 20.3 Å². The minimum absolute atomic E-state index is 0.0155. The molecule has 108 valence electrons. The molecule has 0 spiro atoms. The second-order valence-electron chi connectivity index (χ2n) is 3.79. The van der Waals surface area contributed by atoms with Gasteiger partial charge >= 0.3 is 5.97 Å². The summed E-state index contributed by atoms with van der Waals surface area (Å²) < 4.78 is 35.8. The average molecular weight is 293 g/mol. The first-order valence-corrected chi connectivity index (χ1v) is 6.76. The number of hydrogen-bond donors (Lipinski definition) is 3. The highest BCUT2D eigenvalue weighted by atomic mass is 32.2. The molecule has 0 aliphatic rings. The molecule has 1 aromatic heterocycles. The number of furan rings is 1. The van der Waals surface area contributed by atoms with Gasteiger partial charge in [-0.3, -0.25) is 0 Å². The third-order valence-corrected chi connectivity index (χ3v) is 3.91. The van der Waals surface area contributed by atoms with Crippen molar-refractivity contribution in [1.82, 2.24) is 4.72 Å². The van der Waals surface area contributed by atoms with Gasteiger partial charge in [-0.05, 0) is 6.92 Å². The summed E-state index contributed by atoms with van der Waals surface area (Å²) in [6, 6.07) is 0.0962. The van der Waals surface area contributed by atoms with Gasteiger partial charge in [0.15, 0.2) is 0 Å². The zero-order valence-electron chi connectivity index (χ0n) is 10.4. The molecule has 0 fully saturated rings. The standard InChI is InChI=1S/C10H15NO7S/c1-6-9(3-8(18-6)10(13)14)19(15,16)11-7(4-12)5-17-2/h3,7,11-12H,4-5H2,1-2H3,(H,13,14). The van der Waals surface area contributed by atoms with E-state index >= 15 is 0 Å². The number of aliphatic hydroxyl groups is 1. The predicted molar refractivity (Wildman–Crippen MR) is 63.5 cm³/mol. The molecule has 1 atom stereocenters. The number of aryl methyl sites for hydroxylation is 1. The molecule has 1 unspecified atom stereocenters. The van der Waals surface area contributed by atoms with Crippen LogP contribution in [0.5, 0.6) is 0 Å². The molecule has 19 heavy (non-hydrogen) atoms. The topological polar surface area (TPSA) is 126 Å². The lowest BCUT2D eigenvalue weighted by atomic mass is 10.4. The summed E-state index contributed by atoms with van der Waals surface area (Å²) in [6.07, 6.45) is 0. The van der Waals surface area contributed by atoms with E-state index in [2.05, 4.69) is 4.72 Å². The van der Waals surface area contributed by atoms with Crippen molar-refractivity contribution >= 4 is 16.0 Å². The van der Waals surface area contributed by atoms with Gasteiger partial charge in [-0.2, -0.15) is 0 Å². The van der Waals surface area contributed by atoms with Crippen LogP contribution in [0, 0.1) is 6.92 Å². The summed E-state index contributed by atoms with van der Waals surface area (Å²) in [5, 5.41) is 17.7. The summed E-state index contributed by atoms with van der Waals surface area (Å²) in [5.41, 5.74) is 0. The lowest BCUT2D eigenvalue weighted by Crippen LogP contribution is -2.40. The van der Waals surface area contributed by atoms with Crippen LogP contribution in [0.1, 0.15) is 16.3 Å². The molecule has 9 heteroatoms. The molecule has 0 aliphatic heterocycles. The van der Waals surface area contributed by atoms with Crippen molar-refractivity contribution in [3.05, 3.63) is 17.6 Å². The number of carboxylic acids is 1. The first-order valence-electron chi connectivity index (χ1n) is 5.27. The molecule has 3 N–H and O–H groups in total. The highest BCUT2D eigenvalue weighted by Gasteiger charge is 2.26. The fraction of sp³-hybridized carbons (Fsp3) is 0.500. The first kappa shape index (κ1) is 15.6. The second kappa shape index (κ2) is 6.15. The summed E-state index contributed by atoms with van der Waals surface area (Å²) in [6.45, 7) is 0.874. The maximum Gasteiger partial charge on any atom is 0.371 e. The molecule has 1 aromatic rings. The number of aromatic carboxylic acids is 1. The van der Waals surface area contributed by atoms with Crippen LogP contribution >= 0.6 is 0 Å². The lowest BCUT2D eigenvalue weighted by Gasteiger charge is -2.14. The Morgan fingerprint density at radius 3 is 2.63 bits per heavy atom. The van der Waals surface area contributed by atoms with Crippen LogP contribution in [-0.4, -0.2) is 51.0 Å². The smallest absolute Gasteiger partial charge is 0.371 e. The van der Waals surface area contributed by atoms with Crippen LogP contribution in [0.2, 0.25) is 0 Å². The molecule has 0 aliphatic carbocycles. The molecule has 1 heterocycles. The van der Waals surface area contributed by atoms with E-state index in [0.717, 1.165) is 6.07 Å². The molecule has 0 aromatic carbocycles. The Kier molecular flexibility index (Phi) is 5.06. The molecule has 0 bridgehead atoms. The van der Waals surface area contributed by atoms with E-state index in [0.29, 0.717) is 0 Å². The number of ether oxygens (including phenoxy) is 1. The minimum atomic E-state index is -3.98. The molecule has 0 amide bonds. The third-order valence-electron chi connectivity index (χ3n) is 2.28. The van der Waals surface area contributed by atoms with Gasteiger partial charge in [0.2, 0.25) is 15.8 Å². The van der Waals surface area contributed by atoms with E-state index in [9.17, 15) is 13.2 Å². The van der Waals surface area contributed by atoms with Gasteiger partial charge in [-0.15, -0.1) is 0 Å². The van der Waals surface area contributed by atoms with Crippen molar-refractivity contribution in [1.29, 1.82) is 0 Å². The van der Waals surface area contributed by atoms with E-state index in [1.165, 1.54) is 14.0 Å². The first-order chi connectivity index (χ1) is 8.81. The molecular weight excluding hydrogens is 278 g/mol. The number of carboxylic acid groups (broad SMARTS) is 1. The summed E-state index contributed by atoms with van der Waals surface area (Å²) in [7, 11) is -2.62. The number of aliphatic hydroxyl groups excluding tert-OH is 1. The van der Waals surface area contributed by atoms with E-state index in [1.54, 1.807) is 0 Å². The Bertz CT molecular complexity index is 548. The zero-order valence-corrected chi connectivity index (χ0v) is 11.2. The quantitative estimate of drug-likeness (QED) is 0.622. The average Bonchev–Trinajstić information content (AvgIpc) is 2.71. The number of hydrogen-bond acceptors (Lipinski definition) is 6. The Balaban J connectivity index is 3.03. The monoisotopic (exact) mass is 293 g/mol. The summed E-state index contributed by atoms with van der Waals surface area (Å²) in [4.78, 5) is 10.4. The largest absolute Gasteiger partial charge is 0.475 e. The van der Waals surface area contributed by atoms with Gasteiger partial charge in [0.05, 0.1) is 19.3 Å². The molecule has 8 nitrogen and oxygen atoms in total. The van der Waals surface area contributed by atoms with Crippen molar-refractivity contribution in [2.45, 2.75) is 17.9 Å². The van der Waals surface area contributed by atoms with Gasteiger partial charge in [0.1, 0.15) is 10.7 Å². The van der Waals surface area contributed by atoms with Gasteiger partial charge < -0.3 is 19.4 Å². The number of rotatable bonds is 7. The van der Waals surface area contributed by atoms with Crippen LogP contribution in [0.4, 0.5) is 0 Å². The maximum absolute atomic E-state index is 12.0. The van der Waals surface area contributed by atoms with Crippen LogP contribution < -0.4 is 4.72 Å². The van der Waals surface area contributed by atoms with Crippen LogP contribution in [0.25, 0.3) is 0 Å². The SMILES string of the molecule is COCC(CO)NS(=O)(=O)c1cc(C(=O)O)oc1C. The highest BCUT2D eigenvalue weighted by Crippen LogP contribution is 2.20. The van der Waals surface area contributed by atoms with Gasteiger partial charge in [-0.25, -0.2) is 17.9 Å². The van der Waals surface area contributed by atoms with Crippen LogP contribution in [0.3, 0.4) is 0 Å². The Morgan fingerprint density at radius 2 is 2.21 bits per heavy atom. The molecular formula is C10H15NO7S. The lowest BCUT2D eigenvalue weighted by molar-refractivity contribution is 0.0661. The Morgan fingerprint density at radius 1 is 1.58 bits per heavy atom. The van der Waals surface area contributed by atoms with E-state index in [4.69, 9.17) is 19.4 Å². The number of sulfonamides is 1. The molecule has 0 saturated carbocycles. The van der Waals surface area contributed by atoms with Gasteiger partial charge in [-0.1, -0.05) is 0 Å². The molecule has 0 saturated heterocycles. The second-order valence-corrected chi connectivity index (χ2v) is 5.47. The van der Waals surface area contributed by atoms with Crippen LogP contribution in [0.15, 0.2) is 15.4 Å². The van der Waals surface area contributed by atoms with Crippen molar-refractivity contribution in [2.24, 2.45) is 0 Å². The minimum Gasteiger partial charge on any atom is -0.475 e. The predicted octanol–water partition coefficient (Wildman–Crippen LogP) is -0.428. The maximum atomic E-state index is 12.0. The molecule has 0 radical (unpaired) electrons. The number of carbonyl (C=O) groups is 1. The van der Waals surface area contributed by atoms with Crippen molar-refractivity contribution in [3.8, 4) is 0 Å². The van der Waals surface area contributed by atoms with E-state index in [-0.39, 0.29) is 17.3 Å². The number of methoxy groups -OCH3 is 1. The van der Waals surface area contributed by atoms with E-state index in [1.807, 2.05) is 0 Å². The fourth-order valence-electron chi connectivity index (χ4n) is 1.45. The Labute approximate surface area is 110 Å². The van der Waals surface area contributed by atoms with Gasteiger partial charge in [0.25, 0.3) is 0 Å². The molecule has 1 rings (SSSR count). The number of nitrogens with one attached hydrogen (secondary N) is 1. The normalized spacial score (nSPS) is 13.4. The highest BCUT2D eigenvalue weighted by molar-refractivity contribution is 7.89. The van der Waals surface area contributed by atoms with Crippen molar-refractivity contribution < 1.29 is 32.6 Å². The zero-order chi connectivity index (χ0) is 14.6. The van der Waals surface area contributed by atoms with Crippen LogP contribution in [-0.2, 0) is 14.8 Å². The fourth-order valence-corrected chi connectivity index (χ4v) is 2.84. The third kappa shape index (κ3) is 3.77. The summed E-state index contributed by atoms with van der Waals surface area (Å²) in [5.74, 6) is -1.87. The Hall–Kier alpha value is -1.42.